The molecule has 214 valence electrons. The number of halogens is 1. The maximum absolute atomic E-state index is 13.7. The summed E-state index contributed by atoms with van der Waals surface area (Å²) in [4.78, 5) is 10.3. The van der Waals surface area contributed by atoms with Crippen molar-refractivity contribution in [3.05, 3.63) is 90.2 Å². The first-order valence-corrected chi connectivity index (χ1v) is 15.0. The highest BCUT2D eigenvalue weighted by molar-refractivity contribution is 5.64. The predicted molar refractivity (Wildman–Crippen MR) is 162 cm³/mol. The summed E-state index contributed by atoms with van der Waals surface area (Å²) in [5, 5.41) is 0. The van der Waals surface area contributed by atoms with Gasteiger partial charge in [0.25, 0.3) is 0 Å². The molecule has 0 amide bonds. The fourth-order valence-corrected chi connectivity index (χ4v) is 6.00. The molecule has 0 bridgehead atoms. The monoisotopic (exact) mass is 544 g/mol. The average Bonchev–Trinajstić information content (AvgIpc) is 3.00. The second kappa shape index (κ2) is 14.2. The average molecular weight is 545 g/mol. The van der Waals surface area contributed by atoms with Crippen LogP contribution in [0.1, 0.15) is 31.9 Å². The zero-order valence-electron chi connectivity index (χ0n) is 24.2. The normalized spacial score (nSPS) is 18.7. The van der Waals surface area contributed by atoms with Crippen LogP contribution in [0.2, 0.25) is 0 Å². The number of hydrogen-bond donors (Lipinski definition) is 0. The second-order valence-electron chi connectivity index (χ2n) is 11.5. The lowest BCUT2D eigenvalue weighted by molar-refractivity contribution is 0.0476. The molecule has 2 fully saturated rings. The minimum Gasteiger partial charge on any atom is -0.494 e. The number of rotatable bonds is 11. The Morgan fingerprint density at radius 1 is 0.700 bits per heavy atom. The van der Waals surface area contributed by atoms with Gasteiger partial charge in [-0.15, -0.1) is 0 Å². The number of nitrogens with zero attached hydrogens (tertiary/aromatic N) is 4. The van der Waals surface area contributed by atoms with Gasteiger partial charge >= 0.3 is 0 Å². The van der Waals surface area contributed by atoms with Gasteiger partial charge in [-0.3, -0.25) is 14.7 Å². The van der Waals surface area contributed by atoms with Crippen LogP contribution in [0.25, 0.3) is 11.1 Å². The Morgan fingerprint density at radius 2 is 1.35 bits per heavy atom. The molecule has 5 nitrogen and oxygen atoms in total. The van der Waals surface area contributed by atoms with Crippen LogP contribution in [0.3, 0.4) is 0 Å². The maximum atomic E-state index is 13.7. The van der Waals surface area contributed by atoms with Gasteiger partial charge in [0.15, 0.2) is 0 Å². The molecule has 2 aliphatic rings. The molecule has 2 saturated heterocycles. The van der Waals surface area contributed by atoms with E-state index in [9.17, 15) is 4.39 Å². The van der Waals surface area contributed by atoms with Crippen LogP contribution in [0.4, 0.5) is 4.39 Å². The third kappa shape index (κ3) is 7.91. The van der Waals surface area contributed by atoms with E-state index in [1.54, 1.807) is 12.1 Å². The van der Waals surface area contributed by atoms with Crippen LogP contribution < -0.4 is 4.74 Å². The zero-order chi connectivity index (χ0) is 27.7. The van der Waals surface area contributed by atoms with Gasteiger partial charge in [-0.25, -0.2) is 4.39 Å². The molecule has 0 saturated carbocycles. The van der Waals surface area contributed by atoms with Gasteiger partial charge in [-0.2, -0.15) is 0 Å². The van der Waals surface area contributed by atoms with Gasteiger partial charge in [-0.05, 0) is 61.2 Å². The van der Waals surface area contributed by atoms with E-state index in [4.69, 9.17) is 4.74 Å². The molecule has 0 aromatic heterocycles. The molecule has 1 atom stereocenters. The molecular formula is C34H45FN4O. The molecule has 3 aromatic rings. The molecule has 0 aliphatic carbocycles. The largest absolute Gasteiger partial charge is 0.494 e. The van der Waals surface area contributed by atoms with E-state index < -0.39 is 0 Å². The Labute approximate surface area is 240 Å². The number of ether oxygens (including phenoxy) is 1. The van der Waals surface area contributed by atoms with Crippen molar-refractivity contribution in [2.45, 2.75) is 32.4 Å². The van der Waals surface area contributed by atoms with Crippen molar-refractivity contribution in [3.8, 4) is 16.9 Å². The zero-order valence-corrected chi connectivity index (χ0v) is 24.2. The van der Waals surface area contributed by atoms with Gasteiger partial charge in [-0.1, -0.05) is 54.6 Å². The van der Waals surface area contributed by atoms with E-state index in [-0.39, 0.29) is 5.82 Å². The van der Waals surface area contributed by atoms with Crippen LogP contribution in [0.5, 0.6) is 5.75 Å². The minimum atomic E-state index is -0.159. The SMILES string of the molecule is CC(C)N1CCN(C(CN2CCN(CCCOc3cccc(-c4ccccc4)c3)CC2)c2ccc(F)cc2)CC1. The van der Waals surface area contributed by atoms with Crippen molar-refractivity contribution >= 4 is 0 Å². The summed E-state index contributed by atoms with van der Waals surface area (Å²) in [6.07, 6.45) is 1.02. The smallest absolute Gasteiger partial charge is 0.123 e. The standard InChI is InChI=1S/C34H45FN4O/c1-28(2)38-21-23-39(24-22-38)34(30-12-14-32(35)15-13-30)27-37-19-17-36(18-20-37)16-7-25-40-33-11-6-10-31(26-33)29-8-4-3-5-9-29/h3-6,8-15,26,28,34H,7,16-25,27H2,1-2H3. The van der Waals surface area contributed by atoms with Crippen LogP contribution in [0, 0.1) is 5.82 Å². The van der Waals surface area contributed by atoms with Crippen LogP contribution in [-0.2, 0) is 0 Å². The molecule has 1 unspecified atom stereocenters. The molecule has 2 heterocycles. The summed E-state index contributed by atoms with van der Waals surface area (Å²) in [6, 6.07) is 26.9. The molecule has 2 aliphatic heterocycles. The summed E-state index contributed by atoms with van der Waals surface area (Å²) in [5.74, 6) is 0.779. The van der Waals surface area contributed by atoms with Crippen LogP contribution in [-0.4, -0.2) is 97.7 Å². The quantitative estimate of drug-likeness (QED) is 0.290. The number of hydrogen-bond acceptors (Lipinski definition) is 5. The van der Waals surface area contributed by atoms with E-state index in [0.717, 1.165) is 84.2 Å². The lowest BCUT2D eigenvalue weighted by Gasteiger charge is -2.43. The summed E-state index contributed by atoms with van der Waals surface area (Å²) in [6.45, 7) is 16.0. The molecule has 0 N–H and O–H groups in total. The third-order valence-electron chi connectivity index (χ3n) is 8.50. The third-order valence-corrected chi connectivity index (χ3v) is 8.50. The highest BCUT2D eigenvalue weighted by Gasteiger charge is 2.29. The summed E-state index contributed by atoms with van der Waals surface area (Å²) >= 11 is 0. The van der Waals surface area contributed by atoms with Crippen molar-refractivity contribution in [2.75, 3.05) is 72.1 Å². The first kappa shape index (κ1) is 28.7. The second-order valence-corrected chi connectivity index (χ2v) is 11.5. The fraction of sp³-hybridized carbons (Fsp3) is 0.471. The van der Waals surface area contributed by atoms with Gasteiger partial charge < -0.3 is 9.64 Å². The Hall–Kier alpha value is -2.77. The van der Waals surface area contributed by atoms with Crippen molar-refractivity contribution in [2.24, 2.45) is 0 Å². The Balaban J connectivity index is 1.07. The number of piperazine rings is 2. The van der Waals surface area contributed by atoms with E-state index in [2.05, 4.69) is 75.9 Å². The van der Waals surface area contributed by atoms with Crippen molar-refractivity contribution in [3.63, 3.8) is 0 Å². The topological polar surface area (TPSA) is 22.2 Å². The van der Waals surface area contributed by atoms with E-state index in [1.807, 2.05) is 24.3 Å². The molecule has 0 radical (unpaired) electrons. The first-order valence-electron chi connectivity index (χ1n) is 15.0. The van der Waals surface area contributed by atoms with Crippen LogP contribution in [0.15, 0.2) is 78.9 Å². The fourth-order valence-electron chi connectivity index (χ4n) is 6.00. The molecule has 0 spiro atoms. The van der Waals surface area contributed by atoms with Crippen molar-refractivity contribution in [1.82, 2.24) is 19.6 Å². The highest BCUT2D eigenvalue weighted by atomic mass is 19.1. The van der Waals surface area contributed by atoms with Crippen molar-refractivity contribution in [1.29, 1.82) is 0 Å². The lowest BCUT2D eigenvalue weighted by atomic mass is 10.0. The minimum absolute atomic E-state index is 0.159. The van der Waals surface area contributed by atoms with Gasteiger partial charge in [0.1, 0.15) is 11.6 Å². The summed E-state index contributed by atoms with van der Waals surface area (Å²) < 4.78 is 19.8. The van der Waals surface area contributed by atoms with Crippen LogP contribution >= 0.6 is 0 Å². The van der Waals surface area contributed by atoms with E-state index in [0.29, 0.717) is 12.1 Å². The first-order chi connectivity index (χ1) is 19.5. The molecule has 6 heteroatoms. The molecule has 3 aromatic carbocycles. The lowest BCUT2D eigenvalue weighted by Crippen LogP contribution is -2.53. The predicted octanol–water partition coefficient (Wildman–Crippen LogP) is 5.65. The van der Waals surface area contributed by atoms with Crippen molar-refractivity contribution < 1.29 is 9.13 Å². The maximum Gasteiger partial charge on any atom is 0.123 e. The Bertz CT molecular complexity index is 1160. The van der Waals surface area contributed by atoms with Gasteiger partial charge in [0.2, 0.25) is 0 Å². The van der Waals surface area contributed by atoms with E-state index in [1.165, 1.54) is 16.7 Å². The van der Waals surface area contributed by atoms with Gasteiger partial charge in [0, 0.05) is 77.5 Å². The molecule has 40 heavy (non-hydrogen) atoms. The summed E-state index contributed by atoms with van der Waals surface area (Å²) in [5.41, 5.74) is 3.63. The van der Waals surface area contributed by atoms with Gasteiger partial charge in [0.05, 0.1) is 6.61 Å². The summed E-state index contributed by atoms with van der Waals surface area (Å²) in [7, 11) is 0. The molecule has 5 rings (SSSR count). The highest BCUT2D eigenvalue weighted by Crippen LogP contribution is 2.26. The Morgan fingerprint density at radius 3 is 2.05 bits per heavy atom. The Kier molecular flexibility index (Phi) is 10.2. The molecular weight excluding hydrogens is 499 g/mol. The number of benzene rings is 3. The van der Waals surface area contributed by atoms with E-state index >= 15 is 0 Å².